The fourth-order valence-electron chi connectivity index (χ4n) is 4.76. The van der Waals surface area contributed by atoms with Gasteiger partial charge in [-0.05, 0) is 82.9 Å². The zero-order valence-corrected chi connectivity index (χ0v) is 25.5. The van der Waals surface area contributed by atoms with Gasteiger partial charge in [-0.3, -0.25) is 9.59 Å². The lowest BCUT2D eigenvalue weighted by atomic mass is 9.97. The summed E-state index contributed by atoms with van der Waals surface area (Å²) in [5.74, 6) is 1.80. The van der Waals surface area contributed by atoms with Crippen LogP contribution in [0.4, 0.5) is 10.5 Å². The number of para-hydroxylation sites is 1. The number of amides is 3. The molecule has 42 heavy (non-hydrogen) atoms. The van der Waals surface area contributed by atoms with Gasteiger partial charge in [0, 0.05) is 23.7 Å². The van der Waals surface area contributed by atoms with Gasteiger partial charge in [0.2, 0.25) is 5.91 Å². The summed E-state index contributed by atoms with van der Waals surface area (Å²) < 4.78 is 5.50. The highest BCUT2D eigenvalue weighted by molar-refractivity contribution is 6.00. The molecule has 0 aliphatic rings. The van der Waals surface area contributed by atoms with E-state index >= 15 is 0 Å². The minimum Gasteiger partial charge on any atom is -0.444 e. The van der Waals surface area contributed by atoms with E-state index in [1.54, 1.807) is 45.0 Å². The van der Waals surface area contributed by atoms with Crippen molar-refractivity contribution in [2.24, 2.45) is 0 Å². The smallest absolute Gasteiger partial charge is 0.408 e. The maximum absolute atomic E-state index is 14.5. The van der Waals surface area contributed by atoms with Gasteiger partial charge in [-0.2, -0.15) is 0 Å². The average Bonchev–Trinajstić information content (AvgIpc) is 2.92. The van der Waals surface area contributed by atoms with Crippen LogP contribution in [-0.4, -0.2) is 40.5 Å². The fourth-order valence-corrected chi connectivity index (χ4v) is 4.76. The van der Waals surface area contributed by atoms with E-state index in [2.05, 4.69) is 16.6 Å². The molecule has 3 aromatic rings. The van der Waals surface area contributed by atoms with Crippen LogP contribution in [0.25, 0.3) is 0 Å². The van der Waals surface area contributed by atoms with Crippen molar-refractivity contribution in [3.8, 4) is 12.3 Å². The minimum absolute atomic E-state index is 0.212. The molecule has 7 heteroatoms. The highest BCUT2D eigenvalue weighted by Crippen LogP contribution is 2.29. The molecule has 0 aliphatic carbocycles. The number of rotatable bonds is 9. The average molecular weight is 568 g/mol. The molecule has 0 saturated heterocycles. The molecule has 0 spiro atoms. The number of nitrogens with zero attached hydrogens (tertiary/aromatic N) is 1. The van der Waals surface area contributed by atoms with Crippen LogP contribution in [-0.2, 0) is 20.7 Å². The van der Waals surface area contributed by atoms with Crippen molar-refractivity contribution in [3.05, 3.63) is 101 Å². The molecule has 7 nitrogen and oxygen atoms in total. The van der Waals surface area contributed by atoms with Crippen LogP contribution in [0.3, 0.4) is 0 Å². The maximum Gasteiger partial charge on any atom is 0.408 e. The highest BCUT2D eigenvalue weighted by atomic mass is 16.6. The molecule has 0 saturated carbocycles. The molecule has 0 aliphatic heterocycles. The highest BCUT2D eigenvalue weighted by Gasteiger charge is 2.38. The van der Waals surface area contributed by atoms with Crippen LogP contribution < -0.4 is 10.6 Å². The summed E-state index contributed by atoms with van der Waals surface area (Å²) in [6.07, 6.45) is 5.08. The maximum atomic E-state index is 14.5. The van der Waals surface area contributed by atoms with Crippen LogP contribution >= 0.6 is 0 Å². The van der Waals surface area contributed by atoms with E-state index in [1.165, 1.54) is 4.90 Å². The third-order valence-corrected chi connectivity index (χ3v) is 6.73. The standard InChI is InChI=1S/C35H41N3O4/c1-9-26-18-20-28(21-19-26)31(32(39)37-30-24(4)14-13-15-25(30)5)38(23(2)3)33(40)29(22-27-16-11-10-12-17-27)36-34(41)42-35(6,7)8/h1,10-21,23,29,31H,22H2,2-8H3,(H,36,41)(H,37,39). The van der Waals surface area contributed by atoms with Crippen molar-refractivity contribution in [2.75, 3.05) is 5.32 Å². The first-order valence-electron chi connectivity index (χ1n) is 14.1. The lowest BCUT2D eigenvalue weighted by Crippen LogP contribution is -2.55. The second-order valence-corrected chi connectivity index (χ2v) is 11.7. The number of terminal acetylenes is 1. The summed E-state index contributed by atoms with van der Waals surface area (Å²) in [5, 5.41) is 5.85. The topological polar surface area (TPSA) is 87.7 Å². The number of aryl methyl sites for hydroxylation is 2. The molecular weight excluding hydrogens is 526 g/mol. The quantitative estimate of drug-likeness (QED) is 0.296. The Morgan fingerprint density at radius 1 is 0.905 bits per heavy atom. The normalized spacial score (nSPS) is 12.5. The lowest BCUT2D eigenvalue weighted by Gasteiger charge is -2.37. The molecule has 2 unspecified atom stereocenters. The molecule has 0 aromatic heterocycles. The van der Waals surface area contributed by atoms with E-state index in [4.69, 9.17) is 11.2 Å². The number of hydrogen-bond donors (Lipinski definition) is 2. The van der Waals surface area contributed by atoms with Gasteiger partial charge in [-0.1, -0.05) is 66.6 Å². The first-order chi connectivity index (χ1) is 19.8. The number of nitrogens with one attached hydrogen (secondary N) is 2. The predicted molar refractivity (Wildman–Crippen MR) is 167 cm³/mol. The molecule has 3 rings (SSSR count). The number of alkyl carbamates (subject to hydrolysis) is 1. The number of anilines is 1. The molecule has 2 atom stereocenters. The van der Waals surface area contributed by atoms with E-state index < -0.39 is 35.7 Å². The molecule has 3 aromatic carbocycles. The number of hydrogen-bond acceptors (Lipinski definition) is 4. The SMILES string of the molecule is C#Cc1ccc(C(C(=O)Nc2c(C)cccc2C)N(C(=O)C(Cc2ccccc2)NC(=O)OC(C)(C)C)C(C)C)cc1. The molecule has 220 valence electrons. The molecule has 3 amide bonds. The van der Waals surface area contributed by atoms with Gasteiger partial charge in [-0.25, -0.2) is 4.79 Å². The zero-order chi connectivity index (χ0) is 31.0. The van der Waals surface area contributed by atoms with E-state index in [9.17, 15) is 14.4 Å². The second kappa shape index (κ2) is 13.9. The van der Waals surface area contributed by atoms with E-state index in [1.807, 2.05) is 76.2 Å². The van der Waals surface area contributed by atoms with Crippen molar-refractivity contribution in [2.45, 2.75) is 78.6 Å². The van der Waals surface area contributed by atoms with Gasteiger partial charge in [0.15, 0.2) is 0 Å². The molecule has 0 bridgehead atoms. The van der Waals surface area contributed by atoms with Crippen LogP contribution in [0.5, 0.6) is 0 Å². The second-order valence-electron chi connectivity index (χ2n) is 11.7. The van der Waals surface area contributed by atoms with Crippen molar-refractivity contribution in [1.82, 2.24) is 10.2 Å². The number of carbonyl (C=O) groups excluding carboxylic acids is 3. The number of ether oxygens (including phenoxy) is 1. The zero-order valence-electron chi connectivity index (χ0n) is 25.5. The summed E-state index contributed by atoms with van der Waals surface area (Å²) in [5.41, 5.74) is 3.84. The number of carbonyl (C=O) groups is 3. The Hall–Kier alpha value is -4.57. The Labute approximate surface area is 249 Å². The predicted octanol–water partition coefficient (Wildman–Crippen LogP) is 6.34. The van der Waals surface area contributed by atoms with Crippen LogP contribution in [0.15, 0.2) is 72.8 Å². The summed E-state index contributed by atoms with van der Waals surface area (Å²) in [4.78, 5) is 43.1. The Bertz CT molecular complexity index is 1410. The molecule has 0 radical (unpaired) electrons. The largest absolute Gasteiger partial charge is 0.444 e. The lowest BCUT2D eigenvalue weighted by molar-refractivity contribution is -0.142. The number of benzene rings is 3. The van der Waals surface area contributed by atoms with E-state index in [-0.39, 0.29) is 12.3 Å². The summed E-state index contributed by atoms with van der Waals surface area (Å²) in [6, 6.07) is 19.8. The summed E-state index contributed by atoms with van der Waals surface area (Å²) >= 11 is 0. The minimum atomic E-state index is -1.01. The van der Waals surface area contributed by atoms with Crippen molar-refractivity contribution in [3.63, 3.8) is 0 Å². The van der Waals surface area contributed by atoms with E-state index in [0.717, 1.165) is 16.7 Å². The third kappa shape index (κ3) is 8.47. The molecular formula is C35H41N3O4. The Kier molecular flexibility index (Phi) is 10.5. The summed E-state index contributed by atoms with van der Waals surface area (Å²) in [6.45, 7) is 12.8. The Morgan fingerprint density at radius 2 is 1.50 bits per heavy atom. The van der Waals surface area contributed by atoms with Crippen molar-refractivity contribution < 1.29 is 19.1 Å². The molecule has 0 heterocycles. The van der Waals surface area contributed by atoms with Crippen LogP contribution in [0, 0.1) is 26.2 Å². The first-order valence-corrected chi connectivity index (χ1v) is 14.1. The van der Waals surface area contributed by atoms with Gasteiger partial charge >= 0.3 is 6.09 Å². The molecule has 0 fully saturated rings. The third-order valence-electron chi connectivity index (χ3n) is 6.73. The van der Waals surface area contributed by atoms with Gasteiger partial charge in [0.1, 0.15) is 17.7 Å². The van der Waals surface area contributed by atoms with Gasteiger partial charge < -0.3 is 20.3 Å². The van der Waals surface area contributed by atoms with Crippen LogP contribution in [0.2, 0.25) is 0 Å². The van der Waals surface area contributed by atoms with Crippen LogP contribution in [0.1, 0.15) is 68.5 Å². The van der Waals surface area contributed by atoms with Crippen molar-refractivity contribution in [1.29, 1.82) is 0 Å². The summed E-state index contributed by atoms with van der Waals surface area (Å²) in [7, 11) is 0. The van der Waals surface area contributed by atoms with Crippen molar-refractivity contribution >= 4 is 23.6 Å². The molecule has 2 N–H and O–H groups in total. The van der Waals surface area contributed by atoms with Gasteiger partial charge in [0.25, 0.3) is 5.91 Å². The van der Waals surface area contributed by atoms with E-state index in [0.29, 0.717) is 16.8 Å². The monoisotopic (exact) mass is 567 g/mol. The Morgan fingerprint density at radius 3 is 2.02 bits per heavy atom. The van der Waals surface area contributed by atoms with Gasteiger partial charge in [-0.15, -0.1) is 6.42 Å². The van der Waals surface area contributed by atoms with Gasteiger partial charge in [0.05, 0.1) is 0 Å². The fraction of sp³-hybridized carbons (Fsp3) is 0.343. The Balaban J connectivity index is 2.09. The first kappa shape index (κ1) is 32.0.